The standard InChI is InChI=1S/C33H22O2.C28H22.3C2H6/c34-27-15-11-21-17-25(13-9-23(21)19-27)33(26-14-10-24-20-28(35)16-12-22(24)18-26)31-7-3-1-5-29(31)30-6-2-4-8-32(30)33;1-5-15-27(3)23-13-9-7-11-19(23)21-18-26-22(17-25(21)27)20-12-8-10-14-24(20)28(26,4)16-6-2;3*1-2/h1-20,34-35H;1-2,7-14,17-18H,15-16H2,3-4H3;3*1-2H3. The van der Waals surface area contributed by atoms with Crippen LogP contribution in [-0.2, 0) is 16.2 Å². The van der Waals surface area contributed by atoms with Crippen LogP contribution >= 0.6 is 0 Å². The summed E-state index contributed by atoms with van der Waals surface area (Å²) in [5.74, 6) is 6.40. The number of fused-ring (bicyclic) bond motifs is 11. The van der Waals surface area contributed by atoms with E-state index in [0.717, 1.165) is 21.5 Å². The van der Waals surface area contributed by atoms with Crippen molar-refractivity contribution in [3.8, 4) is 69.6 Å². The minimum atomic E-state index is -0.495. The summed E-state index contributed by atoms with van der Waals surface area (Å²) in [6.07, 6.45) is 13.0. The molecule has 0 saturated heterocycles. The highest BCUT2D eigenvalue weighted by molar-refractivity contribution is 5.93. The average molecular weight is 899 g/mol. The Hall–Kier alpha value is -7.78. The monoisotopic (exact) mass is 898 g/mol. The fourth-order valence-electron chi connectivity index (χ4n) is 11.4. The van der Waals surface area contributed by atoms with Gasteiger partial charge in [-0.3, -0.25) is 0 Å². The van der Waals surface area contributed by atoms with Gasteiger partial charge in [0.2, 0.25) is 0 Å². The molecule has 342 valence electrons. The van der Waals surface area contributed by atoms with Gasteiger partial charge in [0, 0.05) is 23.7 Å². The molecule has 9 aromatic carbocycles. The Morgan fingerprint density at radius 3 is 1.01 bits per heavy atom. The third-order valence-electron chi connectivity index (χ3n) is 14.3. The number of hydrogen-bond acceptors (Lipinski definition) is 2. The van der Waals surface area contributed by atoms with Crippen molar-refractivity contribution in [3.63, 3.8) is 0 Å². The van der Waals surface area contributed by atoms with Crippen LogP contribution < -0.4 is 0 Å². The van der Waals surface area contributed by atoms with Crippen molar-refractivity contribution < 1.29 is 10.2 Å². The van der Waals surface area contributed by atoms with Crippen molar-refractivity contribution >= 4 is 21.5 Å². The van der Waals surface area contributed by atoms with Crippen LogP contribution in [0.15, 0.2) is 182 Å². The summed E-state index contributed by atoms with van der Waals surface area (Å²) in [7, 11) is 0. The van der Waals surface area contributed by atoms with Crippen LogP contribution in [0.1, 0.15) is 113 Å². The SMILES string of the molecule is C#CCC1(C)c2ccccc2-c2cc3c(cc21)-c1ccccc1C3(C)CC#C.CC.CC.CC.Oc1ccc2cc(C3(c4ccc5cc(O)ccc5c4)c4ccccc4-c4ccccc43)ccc2c1. The Kier molecular flexibility index (Phi) is 13.4. The van der Waals surface area contributed by atoms with Crippen LogP contribution in [0.25, 0.3) is 54.9 Å². The summed E-state index contributed by atoms with van der Waals surface area (Å²) < 4.78 is 0. The van der Waals surface area contributed by atoms with Gasteiger partial charge in [0.05, 0.1) is 5.41 Å². The molecule has 0 fully saturated rings. The fraction of sp³-hybridized carbons (Fsp3) is 0.194. The van der Waals surface area contributed by atoms with Crippen LogP contribution in [0.2, 0.25) is 0 Å². The van der Waals surface area contributed by atoms with E-state index in [1.807, 2.05) is 65.8 Å². The van der Waals surface area contributed by atoms with E-state index in [9.17, 15) is 10.2 Å². The van der Waals surface area contributed by atoms with E-state index in [2.05, 4.69) is 171 Å². The third-order valence-corrected chi connectivity index (χ3v) is 14.3. The van der Waals surface area contributed by atoms with Gasteiger partial charge < -0.3 is 10.2 Å². The Morgan fingerprint density at radius 1 is 0.348 bits per heavy atom. The molecule has 2 nitrogen and oxygen atoms in total. The molecule has 2 unspecified atom stereocenters. The molecule has 12 rings (SSSR count). The third kappa shape index (κ3) is 7.57. The highest BCUT2D eigenvalue weighted by Gasteiger charge is 2.47. The van der Waals surface area contributed by atoms with Gasteiger partial charge in [-0.15, -0.1) is 24.7 Å². The molecule has 0 aliphatic heterocycles. The fourth-order valence-corrected chi connectivity index (χ4v) is 11.4. The molecule has 0 heterocycles. The molecule has 2 N–H and O–H groups in total. The second kappa shape index (κ2) is 19.4. The molecule has 0 spiro atoms. The summed E-state index contributed by atoms with van der Waals surface area (Å²) in [5, 5.41) is 24.2. The van der Waals surface area contributed by atoms with Crippen molar-refractivity contribution in [2.75, 3.05) is 0 Å². The lowest BCUT2D eigenvalue weighted by Gasteiger charge is -2.34. The number of hydrogen-bond donors (Lipinski definition) is 2. The van der Waals surface area contributed by atoms with Gasteiger partial charge in [0.15, 0.2) is 0 Å². The minimum Gasteiger partial charge on any atom is -0.508 e. The largest absolute Gasteiger partial charge is 0.508 e. The summed E-state index contributed by atoms with van der Waals surface area (Å²) in [6.45, 7) is 16.6. The Balaban J connectivity index is 0.000000172. The lowest BCUT2D eigenvalue weighted by atomic mass is 9.67. The summed E-state index contributed by atoms with van der Waals surface area (Å²) in [4.78, 5) is 0. The van der Waals surface area contributed by atoms with Gasteiger partial charge in [-0.05, 0) is 148 Å². The molecule has 9 aromatic rings. The predicted octanol–water partition coefficient (Wildman–Crippen LogP) is 17.2. The van der Waals surface area contributed by atoms with Crippen LogP contribution in [-0.4, -0.2) is 10.2 Å². The van der Waals surface area contributed by atoms with Crippen LogP contribution in [0.4, 0.5) is 0 Å². The minimum absolute atomic E-state index is 0.157. The molecule has 0 aromatic heterocycles. The normalized spacial score (nSPS) is 16.6. The average Bonchev–Trinajstić information content (AvgIpc) is 3.93. The van der Waals surface area contributed by atoms with E-state index in [1.165, 1.54) is 77.9 Å². The zero-order chi connectivity index (χ0) is 49.1. The van der Waals surface area contributed by atoms with E-state index >= 15 is 0 Å². The lowest BCUT2D eigenvalue weighted by molar-refractivity contribution is 0.475. The number of terminal acetylenes is 2. The van der Waals surface area contributed by atoms with Gasteiger partial charge in [-0.1, -0.05) is 189 Å². The molecule has 3 aliphatic carbocycles. The number of benzene rings is 9. The van der Waals surface area contributed by atoms with E-state index in [0.29, 0.717) is 12.8 Å². The quantitative estimate of drug-likeness (QED) is 0.173. The molecule has 0 amide bonds. The van der Waals surface area contributed by atoms with E-state index < -0.39 is 5.41 Å². The molecule has 2 atom stereocenters. The first-order chi connectivity index (χ1) is 33.7. The van der Waals surface area contributed by atoms with Crippen molar-refractivity contribution in [1.82, 2.24) is 0 Å². The van der Waals surface area contributed by atoms with E-state index in [-0.39, 0.29) is 22.3 Å². The van der Waals surface area contributed by atoms with Crippen LogP contribution in [0.3, 0.4) is 0 Å². The topological polar surface area (TPSA) is 40.5 Å². The Morgan fingerprint density at radius 2 is 0.652 bits per heavy atom. The van der Waals surface area contributed by atoms with Gasteiger partial charge in [0.1, 0.15) is 11.5 Å². The first-order valence-electron chi connectivity index (χ1n) is 24.6. The molecular formula is C67H62O2. The first kappa shape index (κ1) is 47.7. The molecule has 69 heavy (non-hydrogen) atoms. The van der Waals surface area contributed by atoms with Gasteiger partial charge in [-0.2, -0.15) is 0 Å². The number of aromatic hydroxyl groups is 2. The van der Waals surface area contributed by atoms with Gasteiger partial charge in [0.25, 0.3) is 0 Å². The molecule has 3 aliphatic rings. The Bertz CT molecular complexity index is 3220. The van der Waals surface area contributed by atoms with Crippen molar-refractivity contribution in [2.45, 2.75) is 84.5 Å². The zero-order valence-electron chi connectivity index (χ0n) is 41.3. The van der Waals surface area contributed by atoms with E-state index in [4.69, 9.17) is 12.8 Å². The van der Waals surface area contributed by atoms with Crippen LogP contribution in [0, 0.1) is 24.7 Å². The van der Waals surface area contributed by atoms with Crippen molar-refractivity contribution in [1.29, 1.82) is 0 Å². The van der Waals surface area contributed by atoms with Crippen LogP contribution in [0.5, 0.6) is 11.5 Å². The molecule has 0 radical (unpaired) electrons. The summed E-state index contributed by atoms with van der Waals surface area (Å²) >= 11 is 0. The van der Waals surface area contributed by atoms with Gasteiger partial charge in [-0.25, -0.2) is 0 Å². The smallest absolute Gasteiger partial charge is 0.116 e. The maximum Gasteiger partial charge on any atom is 0.116 e. The lowest BCUT2D eigenvalue weighted by Crippen LogP contribution is -2.28. The highest BCUT2D eigenvalue weighted by Crippen LogP contribution is 2.59. The Labute approximate surface area is 410 Å². The number of phenols is 2. The first-order valence-corrected chi connectivity index (χ1v) is 24.6. The predicted molar refractivity (Wildman–Crippen MR) is 293 cm³/mol. The second-order valence-corrected chi connectivity index (χ2v) is 17.8. The summed E-state index contributed by atoms with van der Waals surface area (Å²) in [5.41, 5.74) is 17.1. The number of rotatable bonds is 4. The van der Waals surface area contributed by atoms with Crippen molar-refractivity contribution in [2.24, 2.45) is 0 Å². The second-order valence-electron chi connectivity index (χ2n) is 17.8. The van der Waals surface area contributed by atoms with E-state index in [1.54, 1.807) is 12.1 Å². The van der Waals surface area contributed by atoms with Crippen molar-refractivity contribution in [3.05, 3.63) is 226 Å². The molecular weight excluding hydrogens is 837 g/mol. The summed E-state index contributed by atoms with van der Waals surface area (Å²) in [6, 6.07) is 63.8. The highest BCUT2D eigenvalue weighted by atomic mass is 16.3. The van der Waals surface area contributed by atoms with Gasteiger partial charge >= 0.3 is 0 Å². The maximum atomic E-state index is 10.0. The molecule has 0 saturated carbocycles. The number of phenolic OH excluding ortho intramolecular Hbond substituents is 2. The molecule has 2 heteroatoms. The maximum absolute atomic E-state index is 10.0. The zero-order valence-corrected chi connectivity index (χ0v) is 41.3. The molecule has 0 bridgehead atoms.